The van der Waals surface area contributed by atoms with Crippen molar-refractivity contribution in [3.63, 3.8) is 0 Å². The van der Waals surface area contributed by atoms with Gasteiger partial charge in [0, 0.05) is 49.9 Å². The first-order valence-electron chi connectivity index (χ1n) is 8.82. The second-order valence-corrected chi connectivity index (χ2v) is 7.15. The van der Waals surface area contributed by atoms with Crippen molar-refractivity contribution in [1.82, 2.24) is 15.2 Å². The number of rotatable bonds is 3. The zero-order valence-corrected chi connectivity index (χ0v) is 14.1. The van der Waals surface area contributed by atoms with Gasteiger partial charge in [-0.05, 0) is 42.2 Å². The third-order valence-corrected chi connectivity index (χ3v) is 5.60. The van der Waals surface area contributed by atoms with E-state index < -0.39 is 0 Å². The Bertz CT molecular complexity index is 739. The second kappa shape index (κ2) is 6.56. The summed E-state index contributed by atoms with van der Waals surface area (Å²) < 4.78 is 13.0. The van der Waals surface area contributed by atoms with E-state index in [1.807, 2.05) is 24.4 Å². The Morgan fingerprint density at radius 2 is 1.96 bits per heavy atom. The van der Waals surface area contributed by atoms with E-state index in [0.29, 0.717) is 6.42 Å². The van der Waals surface area contributed by atoms with Crippen molar-refractivity contribution in [2.45, 2.75) is 37.3 Å². The van der Waals surface area contributed by atoms with Gasteiger partial charge in [-0.3, -0.25) is 14.7 Å². The molecule has 5 heteroatoms. The van der Waals surface area contributed by atoms with Crippen LogP contribution in [-0.2, 0) is 11.3 Å². The molecule has 0 aliphatic carbocycles. The zero-order chi connectivity index (χ0) is 17.3. The third kappa shape index (κ3) is 3.29. The molecule has 0 unspecified atom stereocenters. The van der Waals surface area contributed by atoms with Crippen LogP contribution in [0.5, 0.6) is 0 Å². The first-order chi connectivity index (χ1) is 12.1. The van der Waals surface area contributed by atoms with Crippen molar-refractivity contribution in [3.8, 4) is 0 Å². The lowest BCUT2D eigenvalue weighted by Crippen LogP contribution is -2.53. The smallest absolute Gasteiger partial charge is 0.221 e. The van der Waals surface area contributed by atoms with Gasteiger partial charge in [0.15, 0.2) is 0 Å². The molecule has 2 saturated heterocycles. The molecule has 25 heavy (non-hydrogen) atoms. The summed E-state index contributed by atoms with van der Waals surface area (Å²) in [6, 6.07) is 10.7. The average Bonchev–Trinajstić information content (AvgIpc) is 2.96. The average molecular weight is 339 g/mol. The van der Waals surface area contributed by atoms with Crippen LogP contribution in [0.15, 0.2) is 48.8 Å². The molecule has 1 amide bonds. The van der Waals surface area contributed by atoms with Crippen LogP contribution in [0.3, 0.4) is 0 Å². The third-order valence-electron chi connectivity index (χ3n) is 5.60. The van der Waals surface area contributed by atoms with E-state index in [1.165, 1.54) is 12.1 Å². The monoisotopic (exact) mass is 339 g/mol. The van der Waals surface area contributed by atoms with Crippen LogP contribution in [-0.4, -0.2) is 34.4 Å². The molecule has 1 atom stereocenters. The predicted octanol–water partition coefficient (Wildman–Crippen LogP) is 2.86. The highest BCUT2D eigenvalue weighted by Gasteiger charge is 2.48. The number of pyridine rings is 1. The fourth-order valence-corrected chi connectivity index (χ4v) is 4.25. The summed E-state index contributed by atoms with van der Waals surface area (Å²) in [5.74, 6) is 0.136. The lowest BCUT2D eigenvalue weighted by molar-refractivity contribution is -0.120. The van der Waals surface area contributed by atoms with Crippen LogP contribution in [0, 0.1) is 5.82 Å². The minimum atomic E-state index is -0.200. The maximum Gasteiger partial charge on any atom is 0.221 e. The highest BCUT2D eigenvalue weighted by atomic mass is 19.1. The quantitative estimate of drug-likeness (QED) is 0.935. The van der Waals surface area contributed by atoms with Crippen LogP contribution in [0.25, 0.3) is 0 Å². The Morgan fingerprint density at radius 1 is 1.20 bits per heavy atom. The first kappa shape index (κ1) is 16.2. The molecule has 4 nitrogen and oxygen atoms in total. The summed E-state index contributed by atoms with van der Waals surface area (Å²) in [4.78, 5) is 18.7. The summed E-state index contributed by atoms with van der Waals surface area (Å²) in [6.07, 6.45) is 6.06. The normalized spacial score (nSPS) is 22.9. The summed E-state index contributed by atoms with van der Waals surface area (Å²) in [7, 11) is 0. The molecule has 2 aliphatic heterocycles. The number of likely N-dealkylation sites (tertiary alicyclic amines) is 1. The van der Waals surface area contributed by atoms with Crippen molar-refractivity contribution in [3.05, 3.63) is 65.7 Å². The number of nitrogens with one attached hydrogen (secondary N) is 1. The molecule has 0 bridgehead atoms. The van der Waals surface area contributed by atoms with E-state index >= 15 is 0 Å². The van der Waals surface area contributed by atoms with Gasteiger partial charge in [0.1, 0.15) is 5.82 Å². The van der Waals surface area contributed by atoms with Gasteiger partial charge in [0.25, 0.3) is 0 Å². The number of nitrogens with zero attached hydrogens (tertiary/aromatic N) is 2. The number of carbonyl (C=O) groups excluding carboxylic acids is 1. The first-order valence-corrected chi connectivity index (χ1v) is 8.82. The summed E-state index contributed by atoms with van der Waals surface area (Å²) in [5.41, 5.74) is 2.11. The van der Waals surface area contributed by atoms with Crippen molar-refractivity contribution >= 4 is 5.91 Å². The van der Waals surface area contributed by atoms with Crippen molar-refractivity contribution in [2.24, 2.45) is 0 Å². The van der Waals surface area contributed by atoms with E-state index in [-0.39, 0.29) is 23.2 Å². The Kier molecular flexibility index (Phi) is 4.25. The summed E-state index contributed by atoms with van der Waals surface area (Å²) in [5, 5.41) is 3.27. The lowest BCUT2D eigenvalue weighted by Gasteiger charge is -2.43. The summed E-state index contributed by atoms with van der Waals surface area (Å²) >= 11 is 0. The maximum absolute atomic E-state index is 13.0. The summed E-state index contributed by atoms with van der Waals surface area (Å²) in [6.45, 7) is 2.67. The minimum absolute atomic E-state index is 0.140. The molecule has 1 aromatic carbocycles. The van der Waals surface area contributed by atoms with Gasteiger partial charge in [-0.15, -0.1) is 0 Å². The number of hydrogen-bond acceptors (Lipinski definition) is 3. The zero-order valence-electron chi connectivity index (χ0n) is 14.1. The fraction of sp³-hybridized carbons (Fsp3) is 0.400. The molecular formula is C20H22FN3O. The maximum atomic E-state index is 13.0. The molecule has 0 radical (unpaired) electrons. The SMILES string of the molecule is O=C1C[C@H](c2cccnc2)C2(CCN(Cc3ccc(F)cc3)CC2)N1. The Morgan fingerprint density at radius 3 is 2.64 bits per heavy atom. The molecule has 2 aromatic rings. The standard InChI is InChI=1S/C20H22FN3O/c21-17-5-3-15(4-6-17)14-24-10-7-20(8-11-24)18(12-19(25)23-20)16-2-1-9-22-13-16/h1-6,9,13,18H,7-8,10-12,14H2,(H,23,25)/t18-/m1/s1. The molecule has 1 aromatic heterocycles. The highest BCUT2D eigenvalue weighted by molar-refractivity contribution is 5.81. The number of carbonyl (C=O) groups is 1. The molecule has 2 fully saturated rings. The van der Waals surface area contributed by atoms with Gasteiger partial charge in [-0.25, -0.2) is 4.39 Å². The Hall–Kier alpha value is -2.27. The fourth-order valence-electron chi connectivity index (χ4n) is 4.25. The second-order valence-electron chi connectivity index (χ2n) is 7.15. The van der Waals surface area contributed by atoms with Crippen molar-refractivity contribution < 1.29 is 9.18 Å². The number of halogens is 1. The topological polar surface area (TPSA) is 45.2 Å². The van der Waals surface area contributed by atoms with E-state index in [2.05, 4.69) is 21.3 Å². The molecule has 4 rings (SSSR count). The van der Waals surface area contributed by atoms with Crippen molar-refractivity contribution in [1.29, 1.82) is 0 Å². The predicted molar refractivity (Wildman–Crippen MR) is 93.4 cm³/mol. The largest absolute Gasteiger partial charge is 0.350 e. The van der Waals surface area contributed by atoms with Gasteiger partial charge in [0.2, 0.25) is 5.91 Å². The van der Waals surface area contributed by atoms with Crippen LogP contribution in [0.1, 0.15) is 36.3 Å². The number of piperidine rings is 1. The Labute approximate surface area is 147 Å². The van der Waals surface area contributed by atoms with Crippen LogP contribution >= 0.6 is 0 Å². The van der Waals surface area contributed by atoms with Gasteiger partial charge in [-0.1, -0.05) is 18.2 Å². The lowest BCUT2D eigenvalue weighted by atomic mass is 9.74. The molecule has 0 saturated carbocycles. The van der Waals surface area contributed by atoms with E-state index in [4.69, 9.17) is 0 Å². The van der Waals surface area contributed by atoms with Gasteiger partial charge in [0.05, 0.1) is 0 Å². The van der Waals surface area contributed by atoms with Gasteiger partial charge >= 0.3 is 0 Å². The van der Waals surface area contributed by atoms with Crippen LogP contribution < -0.4 is 5.32 Å². The van der Waals surface area contributed by atoms with E-state index in [0.717, 1.165) is 43.6 Å². The molecule has 1 spiro atoms. The number of hydrogen-bond donors (Lipinski definition) is 1. The number of aromatic nitrogens is 1. The van der Waals surface area contributed by atoms with Gasteiger partial charge < -0.3 is 5.32 Å². The van der Waals surface area contributed by atoms with Gasteiger partial charge in [-0.2, -0.15) is 0 Å². The molecule has 1 N–H and O–H groups in total. The molecule has 130 valence electrons. The van der Waals surface area contributed by atoms with Crippen molar-refractivity contribution in [2.75, 3.05) is 13.1 Å². The minimum Gasteiger partial charge on any atom is -0.350 e. The molecule has 2 aliphatic rings. The Balaban J connectivity index is 1.45. The molecular weight excluding hydrogens is 317 g/mol. The van der Waals surface area contributed by atoms with E-state index in [9.17, 15) is 9.18 Å². The molecule has 3 heterocycles. The van der Waals surface area contributed by atoms with Crippen LogP contribution in [0.2, 0.25) is 0 Å². The number of benzene rings is 1. The van der Waals surface area contributed by atoms with E-state index in [1.54, 1.807) is 6.20 Å². The number of amides is 1. The van der Waals surface area contributed by atoms with Crippen LogP contribution in [0.4, 0.5) is 4.39 Å². The highest BCUT2D eigenvalue weighted by Crippen LogP contribution is 2.43.